The standard InChI is InChI=1S/C27H25FN10O2/c28-24-9-19(38-12-20(40-26(38)39)11-37-6-5-31-34-37)2-3-21(24)18-1-4-25(30-10-18)27(15-29)22-13-35(14-23(22)27)7-8-36-16-32-33-17-36/h1-6,9-10,16-17,20,22-23H,7-8,11-14H2/t20-,22-,23+,27?/m0/s1. The maximum atomic E-state index is 15.2. The van der Waals surface area contributed by atoms with Gasteiger partial charge in [-0.2, -0.15) is 5.26 Å². The van der Waals surface area contributed by atoms with Gasteiger partial charge in [0.15, 0.2) is 0 Å². The molecule has 1 amide bonds. The van der Waals surface area contributed by atoms with E-state index in [-0.39, 0.29) is 18.4 Å². The van der Waals surface area contributed by atoms with Crippen LogP contribution in [-0.4, -0.2) is 78.0 Å². The van der Waals surface area contributed by atoms with E-state index in [1.807, 2.05) is 16.7 Å². The highest BCUT2D eigenvalue weighted by Crippen LogP contribution is 2.62. The second-order valence-electron chi connectivity index (χ2n) is 10.5. The van der Waals surface area contributed by atoms with Gasteiger partial charge in [0.05, 0.1) is 36.7 Å². The summed E-state index contributed by atoms with van der Waals surface area (Å²) in [6.07, 6.45) is 7.34. The summed E-state index contributed by atoms with van der Waals surface area (Å²) in [7, 11) is 0. The third-order valence-corrected chi connectivity index (χ3v) is 8.28. The maximum Gasteiger partial charge on any atom is 0.414 e. The van der Waals surface area contributed by atoms with Crippen molar-refractivity contribution in [3.63, 3.8) is 0 Å². The zero-order chi connectivity index (χ0) is 27.3. The van der Waals surface area contributed by atoms with E-state index in [9.17, 15) is 10.1 Å². The normalized spacial score (nSPS) is 25.6. The Balaban J connectivity index is 1.01. The van der Waals surface area contributed by atoms with Gasteiger partial charge in [0.25, 0.3) is 0 Å². The summed E-state index contributed by atoms with van der Waals surface area (Å²) in [6.45, 7) is 4.03. The highest BCUT2D eigenvalue weighted by Gasteiger charge is 2.70. The van der Waals surface area contributed by atoms with Crippen molar-refractivity contribution in [2.45, 2.75) is 24.6 Å². The Morgan fingerprint density at radius 1 is 1.07 bits per heavy atom. The van der Waals surface area contributed by atoms with E-state index in [0.29, 0.717) is 23.4 Å². The Morgan fingerprint density at radius 2 is 1.90 bits per heavy atom. The van der Waals surface area contributed by atoms with Crippen molar-refractivity contribution in [2.75, 3.05) is 31.1 Å². The fourth-order valence-electron chi connectivity index (χ4n) is 6.16. The molecular weight excluding hydrogens is 515 g/mol. The minimum atomic E-state index is -0.590. The SMILES string of the molecule is N#CC1(c2ccc(-c3ccc(N4C[C@H](Cn5ccnn5)OC4=O)cc3F)cn2)[C@@H]2CN(CCn3cnnc3)C[C@@H]21. The molecule has 0 bridgehead atoms. The maximum absolute atomic E-state index is 15.2. The van der Waals surface area contributed by atoms with Gasteiger partial charge in [-0.3, -0.25) is 9.88 Å². The van der Waals surface area contributed by atoms with Crippen LogP contribution in [-0.2, 0) is 23.2 Å². The van der Waals surface area contributed by atoms with E-state index in [1.54, 1.807) is 48.1 Å². The summed E-state index contributed by atoms with van der Waals surface area (Å²) >= 11 is 0. The number of halogens is 1. The Bertz CT molecular complexity index is 1560. The first-order valence-electron chi connectivity index (χ1n) is 13.1. The number of nitriles is 1. The summed E-state index contributed by atoms with van der Waals surface area (Å²) in [5, 5.41) is 25.4. The van der Waals surface area contributed by atoms with Gasteiger partial charge in [0, 0.05) is 61.5 Å². The number of pyridine rings is 1. The van der Waals surface area contributed by atoms with Crippen LogP contribution >= 0.6 is 0 Å². The third kappa shape index (κ3) is 4.08. The molecule has 3 aliphatic rings. The number of likely N-dealkylation sites (tertiary alicyclic amines) is 1. The van der Waals surface area contributed by atoms with Crippen molar-refractivity contribution in [1.29, 1.82) is 5.26 Å². The van der Waals surface area contributed by atoms with Crippen molar-refractivity contribution in [2.24, 2.45) is 11.8 Å². The lowest BCUT2D eigenvalue weighted by atomic mass is 9.95. The molecule has 3 fully saturated rings. The fraction of sp³-hybridized carbons (Fsp3) is 0.370. The molecule has 1 saturated carbocycles. The first-order chi connectivity index (χ1) is 19.5. The number of hydrogen-bond donors (Lipinski definition) is 0. The van der Waals surface area contributed by atoms with Crippen LogP contribution in [0.15, 0.2) is 61.6 Å². The van der Waals surface area contributed by atoms with Crippen LogP contribution in [0.2, 0.25) is 0 Å². The molecule has 13 heteroatoms. The number of ether oxygens (including phenoxy) is 1. The second-order valence-corrected chi connectivity index (χ2v) is 10.5. The van der Waals surface area contributed by atoms with Crippen molar-refractivity contribution < 1.29 is 13.9 Å². The van der Waals surface area contributed by atoms with Gasteiger partial charge in [-0.1, -0.05) is 11.3 Å². The van der Waals surface area contributed by atoms with Crippen molar-refractivity contribution in [3.05, 3.63) is 73.1 Å². The van der Waals surface area contributed by atoms with E-state index in [2.05, 4.69) is 36.5 Å². The molecule has 0 N–H and O–H groups in total. The Kier molecular flexibility index (Phi) is 5.78. The smallest absolute Gasteiger partial charge is 0.414 e. The number of hydrogen-bond acceptors (Lipinski definition) is 9. The van der Waals surface area contributed by atoms with Crippen LogP contribution in [0.4, 0.5) is 14.9 Å². The van der Waals surface area contributed by atoms with Gasteiger partial charge < -0.3 is 14.2 Å². The van der Waals surface area contributed by atoms with Gasteiger partial charge in [0.1, 0.15) is 30.0 Å². The Labute approximate surface area is 228 Å². The molecule has 5 heterocycles. The summed E-state index contributed by atoms with van der Waals surface area (Å²) in [4.78, 5) is 20.8. The van der Waals surface area contributed by atoms with Crippen LogP contribution in [0.1, 0.15) is 5.69 Å². The number of nitrogens with zero attached hydrogens (tertiary/aromatic N) is 10. The predicted molar refractivity (Wildman–Crippen MR) is 138 cm³/mol. The average molecular weight is 541 g/mol. The number of cyclic esters (lactones) is 1. The summed E-state index contributed by atoms with van der Waals surface area (Å²) in [5.41, 5.74) is 1.54. The predicted octanol–water partition coefficient (Wildman–Crippen LogP) is 2.12. The second kappa shape index (κ2) is 9.49. The number of rotatable bonds is 8. The van der Waals surface area contributed by atoms with Crippen molar-refractivity contribution in [3.8, 4) is 17.2 Å². The zero-order valence-corrected chi connectivity index (χ0v) is 21.4. The molecule has 0 radical (unpaired) electrons. The number of aromatic nitrogens is 7. The van der Waals surface area contributed by atoms with Crippen molar-refractivity contribution in [1.82, 2.24) is 39.6 Å². The molecule has 12 nitrogen and oxygen atoms in total. The lowest BCUT2D eigenvalue weighted by Crippen LogP contribution is -2.32. The largest absolute Gasteiger partial charge is 0.442 e. The number of carbonyl (C=O) groups excluding carboxylic acids is 1. The molecular formula is C27H25FN10O2. The third-order valence-electron chi connectivity index (χ3n) is 8.28. The van der Waals surface area contributed by atoms with Gasteiger partial charge in [-0.25, -0.2) is 13.9 Å². The van der Waals surface area contributed by atoms with Gasteiger partial charge in [-0.05, 0) is 24.3 Å². The molecule has 4 atom stereocenters. The monoisotopic (exact) mass is 540 g/mol. The van der Waals surface area contributed by atoms with Crippen LogP contribution in [0.3, 0.4) is 0 Å². The van der Waals surface area contributed by atoms with Crippen molar-refractivity contribution >= 4 is 11.8 Å². The van der Waals surface area contributed by atoms with E-state index >= 15 is 4.39 Å². The number of fused-ring (bicyclic) bond motifs is 1. The average Bonchev–Trinajstić information content (AvgIpc) is 3.64. The van der Waals surface area contributed by atoms with Gasteiger partial charge >= 0.3 is 6.09 Å². The van der Waals surface area contributed by atoms with E-state index in [1.165, 1.54) is 11.0 Å². The number of amides is 1. The first kappa shape index (κ1) is 24.3. The molecule has 3 aromatic heterocycles. The van der Waals surface area contributed by atoms with Crippen LogP contribution in [0.5, 0.6) is 0 Å². The summed E-state index contributed by atoms with van der Waals surface area (Å²) in [6, 6.07) is 10.9. The van der Waals surface area contributed by atoms with Crippen LogP contribution < -0.4 is 4.90 Å². The van der Waals surface area contributed by atoms with Gasteiger partial charge in [-0.15, -0.1) is 15.3 Å². The Morgan fingerprint density at radius 3 is 2.58 bits per heavy atom. The zero-order valence-electron chi connectivity index (χ0n) is 21.4. The quantitative estimate of drug-likeness (QED) is 0.330. The highest BCUT2D eigenvalue weighted by atomic mass is 19.1. The number of piperidine rings is 1. The molecule has 2 saturated heterocycles. The van der Waals surface area contributed by atoms with Crippen LogP contribution in [0, 0.1) is 29.0 Å². The minimum absolute atomic E-state index is 0.237. The fourth-order valence-corrected chi connectivity index (χ4v) is 6.16. The van der Waals surface area contributed by atoms with E-state index < -0.39 is 23.4 Å². The molecule has 202 valence electrons. The molecule has 7 rings (SSSR count). The molecule has 0 spiro atoms. The molecule has 4 aromatic rings. The summed E-state index contributed by atoms with van der Waals surface area (Å²) in [5.74, 6) is 0.00404. The molecule has 1 aromatic carbocycles. The highest BCUT2D eigenvalue weighted by molar-refractivity contribution is 5.90. The Hall–Kier alpha value is -4.70. The summed E-state index contributed by atoms with van der Waals surface area (Å²) < 4.78 is 24.2. The van der Waals surface area contributed by atoms with E-state index in [4.69, 9.17) is 4.74 Å². The lowest BCUT2D eigenvalue weighted by molar-refractivity contribution is 0.129. The lowest BCUT2D eigenvalue weighted by Gasteiger charge is -2.22. The molecule has 1 unspecified atom stereocenters. The van der Waals surface area contributed by atoms with E-state index in [0.717, 1.165) is 31.9 Å². The molecule has 40 heavy (non-hydrogen) atoms. The minimum Gasteiger partial charge on any atom is -0.442 e. The first-order valence-corrected chi connectivity index (χ1v) is 13.1. The number of carbonyl (C=O) groups is 1. The molecule has 2 aliphatic heterocycles. The van der Waals surface area contributed by atoms with Crippen LogP contribution in [0.25, 0.3) is 11.1 Å². The van der Waals surface area contributed by atoms with Gasteiger partial charge in [0.2, 0.25) is 0 Å². The molecule has 1 aliphatic carbocycles. The number of anilines is 1. The topological polar surface area (TPSA) is 131 Å². The number of benzene rings is 1.